The third-order valence-electron chi connectivity index (χ3n) is 6.83. The molecular weight excluding hydrogens is 454 g/mol. The second-order valence-electron chi connectivity index (χ2n) is 10.7. The van der Waals surface area contributed by atoms with E-state index >= 15 is 0 Å². The van der Waals surface area contributed by atoms with Crippen LogP contribution in [0.4, 0.5) is 0 Å². The number of unbranched alkanes of at least 4 members (excludes halogenated alkanes) is 15. The Bertz CT molecular complexity index is 569. The van der Waals surface area contributed by atoms with Crippen LogP contribution in [0.5, 0.6) is 0 Å². The molecule has 5 N–H and O–H groups in total. The van der Waals surface area contributed by atoms with Crippen molar-refractivity contribution in [2.75, 3.05) is 6.54 Å². The number of carbonyl (C=O) groups excluding carboxylic acids is 2. The molecule has 0 radical (unpaired) electrons. The van der Waals surface area contributed by atoms with E-state index in [0.29, 0.717) is 32.2 Å². The highest BCUT2D eigenvalue weighted by Gasteiger charge is 2.28. The van der Waals surface area contributed by atoms with Crippen LogP contribution < -0.4 is 16.4 Å². The Labute approximate surface area is 221 Å². The van der Waals surface area contributed by atoms with Gasteiger partial charge in [0.2, 0.25) is 11.8 Å². The summed E-state index contributed by atoms with van der Waals surface area (Å²) in [4.78, 5) is 36.6. The number of aliphatic carboxylic acids is 1. The molecule has 0 heterocycles. The third-order valence-corrected chi connectivity index (χ3v) is 6.83. The van der Waals surface area contributed by atoms with Crippen LogP contribution in [0.25, 0.3) is 0 Å². The number of carboxylic acids is 1. The summed E-state index contributed by atoms with van der Waals surface area (Å²) in [6.07, 6.45) is 21.2. The molecule has 0 aliphatic rings. The SMILES string of the molecule is CCCCCCCCCCCCCCCCCC(=O)N[C@H](C(=O)N[C@@H](CCCCN)C(=O)O)C(C)C. The Balaban J connectivity index is 3.95. The van der Waals surface area contributed by atoms with Gasteiger partial charge >= 0.3 is 5.97 Å². The number of nitrogens with two attached hydrogens (primary N) is 1. The van der Waals surface area contributed by atoms with Gasteiger partial charge in [-0.25, -0.2) is 4.79 Å². The van der Waals surface area contributed by atoms with E-state index in [1.54, 1.807) is 0 Å². The van der Waals surface area contributed by atoms with Gasteiger partial charge in [0, 0.05) is 6.42 Å². The molecule has 0 bridgehead atoms. The minimum absolute atomic E-state index is 0.131. The Kier molecular flexibility index (Phi) is 22.7. The molecule has 0 aliphatic heterocycles. The van der Waals surface area contributed by atoms with E-state index in [1.165, 1.54) is 77.0 Å². The van der Waals surface area contributed by atoms with Gasteiger partial charge in [0.25, 0.3) is 0 Å². The number of nitrogens with one attached hydrogen (secondary N) is 2. The molecule has 212 valence electrons. The molecule has 0 fully saturated rings. The number of carboxylic acid groups (broad SMARTS) is 1. The number of hydrogen-bond acceptors (Lipinski definition) is 4. The fraction of sp³-hybridized carbons (Fsp3) is 0.897. The molecule has 0 unspecified atom stereocenters. The highest BCUT2D eigenvalue weighted by atomic mass is 16.4. The van der Waals surface area contributed by atoms with E-state index in [9.17, 15) is 19.5 Å². The molecule has 36 heavy (non-hydrogen) atoms. The van der Waals surface area contributed by atoms with Gasteiger partial charge in [-0.3, -0.25) is 9.59 Å². The minimum atomic E-state index is -1.06. The second-order valence-corrected chi connectivity index (χ2v) is 10.7. The average molecular weight is 512 g/mol. The van der Waals surface area contributed by atoms with Crippen molar-refractivity contribution in [2.24, 2.45) is 11.7 Å². The van der Waals surface area contributed by atoms with Crippen molar-refractivity contribution in [1.82, 2.24) is 10.6 Å². The zero-order valence-corrected chi connectivity index (χ0v) is 23.6. The molecule has 0 aromatic heterocycles. The van der Waals surface area contributed by atoms with Crippen molar-refractivity contribution < 1.29 is 19.5 Å². The van der Waals surface area contributed by atoms with Crippen molar-refractivity contribution in [3.05, 3.63) is 0 Å². The molecule has 7 heteroatoms. The number of amides is 2. The molecule has 0 saturated carbocycles. The van der Waals surface area contributed by atoms with E-state index in [2.05, 4.69) is 17.6 Å². The summed E-state index contributed by atoms with van der Waals surface area (Å²) >= 11 is 0. The first-order chi connectivity index (χ1) is 17.3. The van der Waals surface area contributed by atoms with Crippen molar-refractivity contribution in [2.45, 2.75) is 155 Å². The summed E-state index contributed by atoms with van der Waals surface area (Å²) in [6, 6.07) is -1.69. The molecule has 0 aromatic rings. The van der Waals surface area contributed by atoms with Crippen LogP contribution in [0.3, 0.4) is 0 Å². The Hall–Kier alpha value is -1.63. The molecular formula is C29H57N3O4. The molecule has 0 saturated heterocycles. The summed E-state index contributed by atoms with van der Waals surface area (Å²) in [5.74, 6) is -1.77. The molecule has 0 spiro atoms. The highest BCUT2D eigenvalue weighted by Crippen LogP contribution is 2.14. The van der Waals surface area contributed by atoms with Gasteiger partial charge < -0.3 is 21.5 Å². The number of hydrogen-bond donors (Lipinski definition) is 4. The summed E-state index contributed by atoms with van der Waals surface area (Å²) in [5.41, 5.74) is 5.47. The first kappa shape index (κ1) is 34.4. The van der Waals surface area contributed by atoms with E-state index < -0.39 is 24.0 Å². The van der Waals surface area contributed by atoms with Gasteiger partial charge in [0.05, 0.1) is 0 Å². The lowest BCUT2D eigenvalue weighted by Gasteiger charge is -2.24. The second kappa shape index (κ2) is 23.7. The Morgan fingerprint density at radius 2 is 1.17 bits per heavy atom. The topological polar surface area (TPSA) is 122 Å². The lowest BCUT2D eigenvalue weighted by molar-refractivity contribution is -0.142. The lowest BCUT2D eigenvalue weighted by Crippen LogP contribution is -2.53. The van der Waals surface area contributed by atoms with E-state index in [-0.39, 0.29) is 11.8 Å². The first-order valence-electron chi connectivity index (χ1n) is 14.9. The predicted octanol–water partition coefficient (Wildman–Crippen LogP) is 6.09. The van der Waals surface area contributed by atoms with Crippen molar-refractivity contribution >= 4 is 17.8 Å². The average Bonchev–Trinajstić information content (AvgIpc) is 2.84. The molecule has 2 amide bonds. The summed E-state index contributed by atoms with van der Waals surface area (Å²) in [6.45, 7) is 6.45. The van der Waals surface area contributed by atoms with Crippen molar-refractivity contribution in [3.8, 4) is 0 Å². The van der Waals surface area contributed by atoms with Gasteiger partial charge in [-0.1, -0.05) is 111 Å². The smallest absolute Gasteiger partial charge is 0.326 e. The molecule has 0 aliphatic carbocycles. The third kappa shape index (κ3) is 19.5. The maximum atomic E-state index is 12.7. The van der Waals surface area contributed by atoms with E-state index in [0.717, 1.165) is 19.3 Å². The first-order valence-corrected chi connectivity index (χ1v) is 14.9. The molecule has 0 aromatic carbocycles. The largest absolute Gasteiger partial charge is 0.480 e. The van der Waals surface area contributed by atoms with E-state index in [4.69, 9.17) is 5.73 Å². The summed E-state index contributed by atoms with van der Waals surface area (Å²) < 4.78 is 0. The van der Waals surface area contributed by atoms with E-state index in [1.807, 2.05) is 13.8 Å². The maximum Gasteiger partial charge on any atom is 0.326 e. The Morgan fingerprint density at radius 3 is 1.58 bits per heavy atom. The molecule has 2 atom stereocenters. The number of carbonyl (C=O) groups is 3. The van der Waals surface area contributed by atoms with Gasteiger partial charge in [0.15, 0.2) is 0 Å². The fourth-order valence-corrected chi connectivity index (χ4v) is 4.45. The lowest BCUT2D eigenvalue weighted by atomic mass is 10.0. The van der Waals surface area contributed by atoms with Crippen LogP contribution >= 0.6 is 0 Å². The van der Waals surface area contributed by atoms with Gasteiger partial charge in [-0.15, -0.1) is 0 Å². The van der Waals surface area contributed by atoms with Crippen LogP contribution in [0.1, 0.15) is 143 Å². The zero-order chi connectivity index (χ0) is 27.0. The van der Waals surface area contributed by atoms with Gasteiger partial charge in [-0.2, -0.15) is 0 Å². The van der Waals surface area contributed by atoms with Crippen LogP contribution in [-0.4, -0.2) is 41.5 Å². The highest BCUT2D eigenvalue weighted by molar-refractivity contribution is 5.90. The minimum Gasteiger partial charge on any atom is -0.480 e. The Morgan fingerprint density at radius 1 is 0.694 bits per heavy atom. The zero-order valence-electron chi connectivity index (χ0n) is 23.6. The normalized spacial score (nSPS) is 12.9. The standard InChI is InChI=1S/C29H57N3O4/c1-4-5-6-7-8-9-10-11-12-13-14-15-16-17-18-22-26(33)32-27(24(2)3)28(34)31-25(29(35)36)21-19-20-23-30/h24-25,27H,4-23,30H2,1-3H3,(H,31,34)(H,32,33)(H,35,36)/t25-,27-/m0/s1. The van der Waals surface area contributed by atoms with Crippen molar-refractivity contribution in [3.63, 3.8) is 0 Å². The predicted molar refractivity (Wildman–Crippen MR) is 149 cm³/mol. The molecule has 0 rings (SSSR count). The molecule has 7 nitrogen and oxygen atoms in total. The fourth-order valence-electron chi connectivity index (χ4n) is 4.45. The maximum absolute atomic E-state index is 12.7. The summed E-state index contributed by atoms with van der Waals surface area (Å²) in [5, 5.41) is 14.8. The quantitative estimate of drug-likeness (QED) is 0.111. The monoisotopic (exact) mass is 511 g/mol. The van der Waals surface area contributed by atoms with Crippen LogP contribution in [0.15, 0.2) is 0 Å². The van der Waals surface area contributed by atoms with Crippen molar-refractivity contribution in [1.29, 1.82) is 0 Å². The van der Waals surface area contributed by atoms with Gasteiger partial charge in [0.1, 0.15) is 12.1 Å². The van der Waals surface area contributed by atoms with Crippen LogP contribution in [0, 0.1) is 5.92 Å². The van der Waals surface area contributed by atoms with Gasteiger partial charge in [-0.05, 0) is 38.1 Å². The van der Waals surface area contributed by atoms with Crippen LogP contribution in [-0.2, 0) is 14.4 Å². The number of rotatable bonds is 25. The summed E-state index contributed by atoms with van der Waals surface area (Å²) in [7, 11) is 0. The van der Waals surface area contributed by atoms with Crippen LogP contribution in [0.2, 0.25) is 0 Å².